The van der Waals surface area contributed by atoms with Crippen LogP contribution in [0, 0.1) is 0 Å². The molecule has 1 N–H and O–H groups in total. The molecular formula is C20H20ClNO3. The molecule has 2 aromatic carbocycles. The summed E-state index contributed by atoms with van der Waals surface area (Å²) in [6.45, 7) is 4.65. The molecule has 25 heavy (non-hydrogen) atoms. The third-order valence-electron chi connectivity index (χ3n) is 4.11. The lowest BCUT2D eigenvalue weighted by molar-refractivity contribution is 0.0490. The molecule has 0 fully saturated rings. The van der Waals surface area contributed by atoms with Gasteiger partial charge in [-0.1, -0.05) is 41.9 Å². The molecule has 0 radical (unpaired) electrons. The predicted molar refractivity (Wildman–Crippen MR) is 98.9 cm³/mol. The summed E-state index contributed by atoms with van der Waals surface area (Å²) in [6, 6.07) is 15.4. The molecule has 0 spiro atoms. The van der Waals surface area contributed by atoms with Gasteiger partial charge in [-0.15, -0.1) is 0 Å². The molecule has 0 aliphatic carbocycles. The summed E-state index contributed by atoms with van der Waals surface area (Å²) in [6.07, 6.45) is 0. The van der Waals surface area contributed by atoms with E-state index in [0.29, 0.717) is 23.8 Å². The van der Waals surface area contributed by atoms with Crippen LogP contribution in [0.25, 0.3) is 11.0 Å². The Morgan fingerprint density at radius 3 is 2.64 bits per heavy atom. The Labute approximate surface area is 151 Å². The number of ether oxygens (including phenoxy) is 1. The van der Waals surface area contributed by atoms with Gasteiger partial charge in [-0.3, -0.25) is 0 Å². The van der Waals surface area contributed by atoms with Gasteiger partial charge in [-0.2, -0.15) is 0 Å². The predicted octanol–water partition coefficient (Wildman–Crippen LogP) is 5.11. The van der Waals surface area contributed by atoms with Gasteiger partial charge in [0.05, 0.1) is 6.61 Å². The van der Waals surface area contributed by atoms with Gasteiger partial charge in [-0.05, 0) is 37.6 Å². The highest BCUT2D eigenvalue weighted by Gasteiger charge is 2.21. The van der Waals surface area contributed by atoms with Crippen LogP contribution in [-0.4, -0.2) is 12.6 Å². The van der Waals surface area contributed by atoms with Gasteiger partial charge in [0.2, 0.25) is 5.76 Å². The van der Waals surface area contributed by atoms with Gasteiger partial charge < -0.3 is 14.5 Å². The first-order valence-electron chi connectivity index (χ1n) is 8.26. The van der Waals surface area contributed by atoms with Gasteiger partial charge in [0, 0.05) is 28.6 Å². The Kier molecular flexibility index (Phi) is 5.41. The van der Waals surface area contributed by atoms with E-state index in [-0.39, 0.29) is 11.8 Å². The number of benzene rings is 2. The van der Waals surface area contributed by atoms with Crippen LogP contribution in [0.5, 0.6) is 0 Å². The Morgan fingerprint density at radius 1 is 1.20 bits per heavy atom. The van der Waals surface area contributed by atoms with Crippen molar-refractivity contribution in [3.05, 3.63) is 70.4 Å². The zero-order valence-corrected chi connectivity index (χ0v) is 15.0. The van der Waals surface area contributed by atoms with E-state index in [1.54, 1.807) is 6.92 Å². The normalized spacial score (nSPS) is 12.3. The van der Waals surface area contributed by atoms with Crippen molar-refractivity contribution >= 4 is 28.5 Å². The maximum atomic E-state index is 12.2. The van der Waals surface area contributed by atoms with Crippen LogP contribution < -0.4 is 5.32 Å². The smallest absolute Gasteiger partial charge is 0.374 e. The first-order valence-corrected chi connectivity index (χ1v) is 8.64. The van der Waals surface area contributed by atoms with E-state index in [4.69, 9.17) is 20.8 Å². The number of hydrogen-bond acceptors (Lipinski definition) is 4. The average Bonchev–Trinajstić information content (AvgIpc) is 2.99. The van der Waals surface area contributed by atoms with Crippen molar-refractivity contribution in [2.45, 2.75) is 26.4 Å². The quantitative estimate of drug-likeness (QED) is 0.622. The molecule has 0 saturated carbocycles. The summed E-state index contributed by atoms with van der Waals surface area (Å²) in [7, 11) is 0. The maximum absolute atomic E-state index is 12.2. The highest BCUT2D eigenvalue weighted by molar-refractivity contribution is 6.30. The molecular weight excluding hydrogens is 338 g/mol. The molecule has 0 aliphatic rings. The SMILES string of the molecule is CCOC(=O)c1oc2ccccc2c1CN[C@@H](C)c1ccc(Cl)cc1. The lowest BCUT2D eigenvalue weighted by Crippen LogP contribution is -2.19. The van der Waals surface area contributed by atoms with E-state index in [1.165, 1.54) is 0 Å². The molecule has 3 rings (SSSR count). The van der Waals surface area contributed by atoms with Crippen molar-refractivity contribution in [1.29, 1.82) is 0 Å². The molecule has 0 saturated heterocycles. The van der Waals surface area contributed by atoms with Gasteiger partial charge in [0.25, 0.3) is 0 Å². The first kappa shape index (κ1) is 17.5. The van der Waals surface area contributed by atoms with Crippen molar-refractivity contribution < 1.29 is 13.9 Å². The minimum Gasteiger partial charge on any atom is -0.460 e. The van der Waals surface area contributed by atoms with Gasteiger partial charge >= 0.3 is 5.97 Å². The minimum absolute atomic E-state index is 0.0981. The molecule has 4 nitrogen and oxygen atoms in total. The van der Waals surface area contributed by atoms with E-state index in [9.17, 15) is 4.79 Å². The number of para-hydroxylation sites is 1. The second-order valence-electron chi connectivity index (χ2n) is 5.78. The standard InChI is InChI=1S/C20H20ClNO3/c1-3-24-20(23)19-17(16-6-4-5-7-18(16)25-19)12-22-13(2)14-8-10-15(21)11-9-14/h4-11,13,22H,3,12H2,1-2H3/t13-/m0/s1. The Bertz CT molecular complexity index is 870. The van der Waals surface area contributed by atoms with Gasteiger partial charge in [-0.25, -0.2) is 4.79 Å². The summed E-state index contributed by atoms with van der Waals surface area (Å²) in [4.78, 5) is 12.2. The number of hydrogen-bond donors (Lipinski definition) is 1. The van der Waals surface area contributed by atoms with Crippen LogP contribution in [0.1, 0.15) is 41.6 Å². The van der Waals surface area contributed by atoms with E-state index < -0.39 is 5.97 Å². The number of furan rings is 1. The first-order chi connectivity index (χ1) is 12.1. The van der Waals surface area contributed by atoms with Crippen LogP contribution in [0.2, 0.25) is 5.02 Å². The summed E-state index contributed by atoms with van der Waals surface area (Å²) < 4.78 is 10.9. The van der Waals surface area contributed by atoms with Crippen LogP contribution in [-0.2, 0) is 11.3 Å². The summed E-state index contributed by atoms with van der Waals surface area (Å²) >= 11 is 5.94. The van der Waals surface area contributed by atoms with E-state index in [2.05, 4.69) is 12.2 Å². The average molecular weight is 358 g/mol. The van der Waals surface area contributed by atoms with Gasteiger partial charge in [0.15, 0.2) is 0 Å². The number of esters is 1. The molecule has 0 amide bonds. The second-order valence-corrected chi connectivity index (χ2v) is 6.22. The van der Waals surface area contributed by atoms with Crippen molar-refractivity contribution in [3.63, 3.8) is 0 Å². The lowest BCUT2D eigenvalue weighted by Gasteiger charge is -2.14. The minimum atomic E-state index is -0.436. The molecule has 0 bridgehead atoms. The topological polar surface area (TPSA) is 51.5 Å². The fourth-order valence-corrected chi connectivity index (χ4v) is 2.89. The summed E-state index contributed by atoms with van der Waals surface area (Å²) in [5, 5.41) is 5.07. The van der Waals surface area contributed by atoms with Crippen molar-refractivity contribution in [2.75, 3.05) is 6.61 Å². The molecule has 1 atom stereocenters. The molecule has 0 unspecified atom stereocenters. The number of nitrogens with one attached hydrogen (secondary N) is 1. The number of rotatable bonds is 6. The highest BCUT2D eigenvalue weighted by Crippen LogP contribution is 2.27. The molecule has 1 aromatic heterocycles. The second kappa shape index (κ2) is 7.72. The van der Waals surface area contributed by atoms with E-state index >= 15 is 0 Å². The highest BCUT2D eigenvalue weighted by atomic mass is 35.5. The van der Waals surface area contributed by atoms with Crippen LogP contribution >= 0.6 is 11.6 Å². The molecule has 0 aliphatic heterocycles. The number of carbonyl (C=O) groups excluding carboxylic acids is 1. The summed E-state index contributed by atoms with van der Waals surface area (Å²) in [5.74, 6) is -0.173. The number of carbonyl (C=O) groups is 1. The third-order valence-corrected chi connectivity index (χ3v) is 4.37. The molecule has 3 aromatic rings. The maximum Gasteiger partial charge on any atom is 0.374 e. The zero-order valence-electron chi connectivity index (χ0n) is 14.2. The third kappa shape index (κ3) is 3.86. The molecule has 130 valence electrons. The largest absolute Gasteiger partial charge is 0.460 e. The number of halogens is 1. The van der Waals surface area contributed by atoms with Crippen LogP contribution in [0.4, 0.5) is 0 Å². The van der Waals surface area contributed by atoms with E-state index in [1.807, 2.05) is 48.5 Å². The molecule has 5 heteroatoms. The van der Waals surface area contributed by atoms with Crippen molar-refractivity contribution in [3.8, 4) is 0 Å². The van der Waals surface area contributed by atoms with E-state index in [0.717, 1.165) is 16.5 Å². The van der Waals surface area contributed by atoms with Crippen molar-refractivity contribution in [2.24, 2.45) is 0 Å². The monoisotopic (exact) mass is 357 g/mol. The summed E-state index contributed by atoms with van der Waals surface area (Å²) in [5.41, 5.74) is 2.62. The van der Waals surface area contributed by atoms with Crippen LogP contribution in [0.3, 0.4) is 0 Å². The molecule has 1 heterocycles. The Balaban J connectivity index is 1.85. The lowest BCUT2D eigenvalue weighted by atomic mass is 10.1. The fraction of sp³-hybridized carbons (Fsp3) is 0.250. The van der Waals surface area contributed by atoms with Crippen LogP contribution in [0.15, 0.2) is 52.9 Å². The Hall–Kier alpha value is -2.30. The van der Waals surface area contributed by atoms with Crippen molar-refractivity contribution in [1.82, 2.24) is 5.32 Å². The fourth-order valence-electron chi connectivity index (χ4n) is 2.76. The zero-order chi connectivity index (χ0) is 17.8. The Morgan fingerprint density at radius 2 is 1.92 bits per heavy atom. The number of fused-ring (bicyclic) bond motifs is 1. The van der Waals surface area contributed by atoms with Gasteiger partial charge in [0.1, 0.15) is 5.58 Å².